The summed E-state index contributed by atoms with van der Waals surface area (Å²) in [6.45, 7) is 4.20. The smallest absolute Gasteiger partial charge is 0.226 e. The molecule has 0 fully saturated rings. The van der Waals surface area contributed by atoms with Gasteiger partial charge in [0.25, 0.3) is 0 Å². The fraction of sp³-hybridized carbons (Fsp3) is 0.353. The molecule has 5 nitrogen and oxygen atoms in total. The van der Waals surface area contributed by atoms with Gasteiger partial charge in [-0.05, 0) is 29.5 Å². The highest BCUT2D eigenvalue weighted by Gasteiger charge is 2.41. The number of ketones is 1. The summed E-state index contributed by atoms with van der Waals surface area (Å²) in [7, 11) is 0. The van der Waals surface area contributed by atoms with Crippen molar-refractivity contribution in [2.75, 3.05) is 5.32 Å². The number of fused-ring (bicyclic) bond motifs is 1. The lowest BCUT2D eigenvalue weighted by atomic mass is 9.73. The van der Waals surface area contributed by atoms with Crippen LogP contribution in [0.5, 0.6) is 0 Å². The first-order valence-electron chi connectivity index (χ1n) is 7.73. The number of benzene rings is 1. The predicted octanol–water partition coefficient (Wildman–Crippen LogP) is 4.24. The monoisotopic (exact) mass is 362 g/mol. The molecular formula is C17H16Cl2N4O. The Morgan fingerprint density at radius 3 is 2.79 bits per heavy atom. The van der Waals surface area contributed by atoms with Crippen LogP contribution >= 0.6 is 23.2 Å². The van der Waals surface area contributed by atoms with Crippen molar-refractivity contribution in [3.05, 3.63) is 51.4 Å². The van der Waals surface area contributed by atoms with Crippen molar-refractivity contribution in [1.82, 2.24) is 14.8 Å². The van der Waals surface area contributed by atoms with E-state index in [1.807, 2.05) is 6.07 Å². The number of halogens is 2. The molecule has 2 aliphatic rings. The first-order chi connectivity index (χ1) is 11.4. The SMILES string of the molecule is CC1(C)CC(=O)C2=C(C1)Nc1ncnn1[C@@H]2c1ccc(Cl)c(Cl)c1. The topological polar surface area (TPSA) is 59.8 Å². The molecule has 4 rings (SSSR count). The summed E-state index contributed by atoms with van der Waals surface area (Å²) >= 11 is 12.2. The highest BCUT2D eigenvalue weighted by Crippen LogP contribution is 2.45. The fourth-order valence-electron chi connectivity index (χ4n) is 3.54. The van der Waals surface area contributed by atoms with Crippen molar-refractivity contribution in [2.45, 2.75) is 32.7 Å². The zero-order valence-corrected chi connectivity index (χ0v) is 14.8. The minimum atomic E-state index is -0.336. The van der Waals surface area contributed by atoms with Crippen molar-refractivity contribution < 1.29 is 4.79 Å². The third-order valence-electron chi connectivity index (χ3n) is 4.53. The van der Waals surface area contributed by atoms with Crippen LogP contribution in [0.3, 0.4) is 0 Å². The molecule has 1 aliphatic heterocycles. The average molecular weight is 363 g/mol. The second-order valence-corrected chi connectivity index (χ2v) is 7.88. The van der Waals surface area contributed by atoms with Crippen molar-refractivity contribution in [1.29, 1.82) is 0 Å². The van der Waals surface area contributed by atoms with Gasteiger partial charge in [0.1, 0.15) is 12.4 Å². The Balaban J connectivity index is 1.91. The molecule has 0 radical (unpaired) electrons. The standard InChI is InChI=1S/C17H16Cl2N4O/c1-17(2)6-12-14(13(24)7-17)15(23-16(22-12)20-8-21-23)9-3-4-10(18)11(19)5-9/h3-5,8,15H,6-7H2,1-2H3,(H,20,21,22)/t15-/m1/s1. The van der Waals surface area contributed by atoms with Crippen LogP contribution in [0.15, 0.2) is 35.8 Å². The van der Waals surface area contributed by atoms with Crippen LogP contribution in [-0.4, -0.2) is 20.5 Å². The molecule has 1 aliphatic carbocycles. The molecule has 2 aromatic rings. The van der Waals surface area contributed by atoms with Crippen molar-refractivity contribution >= 4 is 34.9 Å². The molecule has 24 heavy (non-hydrogen) atoms. The lowest BCUT2D eigenvalue weighted by Gasteiger charge is -2.38. The van der Waals surface area contributed by atoms with E-state index in [9.17, 15) is 4.79 Å². The Kier molecular flexibility index (Phi) is 3.48. The molecule has 1 N–H and O–H groups in total. The lowest BCUT2D eigenvalue weighted by molar-refractivity contribution is -0.118. The molecule has 1 aromatic heterocycles. The molecule has 124 valence electrons. The van der Waals surface area contributed by atoms with E-state index in [-0.39, 0.29) is 17.2 Å². The number of hydrogen-bond donors (Lipinski definition) is 1. The van der Waals surface area contributed by atoms with Gasteiger partial charge >= 0.3 is 0 Å². The summed E-state index contributed by atoms with van der Waals surface area (Å²) < 4.78 is 1.73. The third kappa shape index (κ3) is 2.43. The van der Waals surface area contributed by atoms with E-state index >= 15 is 0 Å². The van der Waals surface area contributed by atoms with E-state index in [0.29, 0.717) is 22.4 Å². The average Bonchev–Trinajstić information content (AvgIpc) is 2.94. The second kappa shape index (κ2) is 5.33. The number of hydrogen-bond acceptors (Lipinski definition) is 4. The maximum absolute atomic E-state index is 12.9. The molecule has 1 atom stereocenters. The number of aromatic nitrogens is 3. The molecule has 0 saturated heterocycles. The van der Waals surface area contributed by atoms with Gasteiger partial charge in [-0.1, -0.05) is 43.1 Å². The van der Waals surface area contributed by atoms with Gasteiger partial charge in [0.2, 0.25) is 5.95 Å². The molecule has 0 unspecified atom stereocenters. The molecule has 0 bridgehead atoms. The van der Waals surface area contributed by atoms with Crippen LogP contribution in [0.1, 0.15) is 38.3 Å². The van der Waals surface area contributed by atoms with Crippen LogP contribution in [0.4, 0.5) is 5.95 Å². The number of carbonyl (C=O) groups excluding carboxylic acids is 1. The number of anilines is 1. The van der Waals surface area contributed by atoms with Crippen LogP contribution in [0.25, 0.3) is 0 Å². The molecule has 7 heteroatoms. The van der Waals surface area contributed by atoms with Crippen LogP contribution < -0.4 is 5.32 Å². The van der Waals surface area contributed by atoms with E-state index < -0.39 is 0 Å². The van der Waals surface area contributed by atoms with Crippen LogP contribution in [0, 0.1) is 5.41 Å². The molecular weight excluding hydrogens is 347 g/mol. The number of allylic oxidation sites excluding steroid dienone is 2. The minimum Gasteiger partial charge on any atom is -0.328 e. The first kappa shape index (κ1) is 15.7. The quantitative estimate of drug-likeness (QED) is 0.823. The largest absolute Gasteiger partial charge is 0.328 e. The number of nitrogens with one attached hydrogen (secondary N) is 1. The van der Waals surface area contributed by atoms with E-state index in [0.717, 1.165) is 23.3 Å². The highest BCUT2D eigenvalue weighted by atomic mass is 35.5. The third-order valence-corrected chi connectivity index (χ3v) is 5.27. The van der Waals surface area contributed by atoms with Gasteiger partial charge in [0, 0.05) is 17.7 Å². The lowest BCUT2D eigenvalue weighted by Crippen LogP contribution is -2.36. The Bertz CT molecular complexity index is 884. The summed E-state index contributed by atoms with van der Waals surface area (Å²) in [6, 6.07) is 5.09. The van der Waals surface area contributed by atoms with Gasteiger partial charge in [-0.15, -0.1) is 0 Å². The van der Waals surface area contributed by atoms with Gasteiger partial charge in [-0.3, -0.25) is 4.79 Å². The van der Waals surface area contributed by atoms with E-state index in [1.165, 1.54) is 6.33 Å². The zero-order chi connectivity index (χ0) is 17.1. The van der Waals surface area contributed by atoms with E-state index in [2.05, 4.69) is 29.2 Å². The van der Waals surface area contributed by atoms with Crippen molar-refractivity contribution in [3.8, 4) is 0 Å². The highest BCUT2D eigenvalue weighted by molar-refractivity contribution is 6.42. The fourth-order valence-corrected chi connectivity index (χ4v) is 3.85. The van der Waals surface area contributed by atoms with Crippen LogP contribution in [-0.2, 0) is 4.79 Å². The molecule has 0 saturated carbocycles. The maximum Gasteiger partial charge on any atom is 0.226 e. The summed E-state index contributed by atoms with van der Waals surface area (Å²) in [5.74, 6) is 0.765. The van der Waals surface area contributed by atoms with Gasteiger partial charge in [0.05, 0.1) is 10.0 Å². The summed E-state index contributed by atoms with van der Waals surface area (Å²) in [5.41, 5.74) is 2.46. The minimum absolute atomic E-state index is 0.0761. The number of carbonyl (C=O) groups is 1. The Labute approximate surface area is 149 Å². The molecule has 2 heterocycles. The summed E-state index contributed by atoms with van der Waals surface area (Å²) in [5, 5.41) is 8.53. The second-order valence-electron chi connectivity index (χ2n) is 7.06. The molecule has 0 spiro atoms. The number of Topliss-reactive ketones (excluding diaryl/α,β-unsaturated/α-hetero) is 1. The Hall–Kier alpha value is -1.85. The van der Waals surface area contributed by atoms with Gasteiger partial charge in [-0.25, -0.2) is 4.68 Å². The Morgan fingerprint density at radius 1 is 1.25 bits per heavy atom. The normalized spacial score (nSPS) is 22.0. The summed E-state index contributed by atoms with van der Waals surface area (Å²) in [6.07, 6.45) is 2.79. The van der Waals surface area contributed by atoms with E-state index in [1.54, 1.807) is 16.8 Å². The molecule has 0 amide bonds. The predicted molar refractivity (Wildman–Crippen MR) is 93.3 cm³/mol. The first-order valence-corrected chi connectivity index (χ1v) is 8.49. The number of nitrogens with zero attached hydrogens (tertiary/aromatic N) is 3. The van der Waals surface area contributed by atoms with Crippen molar-refractivity contribution in [2.24, 2.45) is 5.41 Å². The van der Waals surface area contributed by atoms with Gasteiger partial charge in [-0.2, -0.15) is 10.1 Å². The number of rotatable bonds is 1. The van der Waals surface area contributed by atoms with Gasteiger partial charge in [0.15, 0.2) is 5.78 Å². The Morgan fingerprint density at radius 2 is 2.04 bits per heavy atom. The zero-order valence-electron chi connectivity index (χ0n) is 13.3. The summed E-state index contributed by atoms with van der Waals surface area (Å²) in [4.78, 5) is 17.2. The maximum atomic E-state index is 12.9. The molecule has 1 aromatic carbocycles. The van der Waals surface area contributed by atoms with Crippen molar-refractivity contribution in [3.63, 3.8) is 0 Å². The van der Waals surface area contributed by atoms with E-state index in [4.69, 9.17) is 23.2 Å². The van der Waals surface area contributed by atoms with Gasteiger partial charge < -0.3 is 5.32 Å². The van der Waals surface area contributed by atoms with Crippen LogP contribution in [0.2, 0.25) is 10.0 Å².